The normalized spacial score (nSPS) is 11.0. The summed E-state index contributed by atoms with van der Waals surface area (Å²) >= 11 is 0. The van der Waals surface area contributed by atoms with E-state index in [9.17, 15) is 4.79 Å². The summed E-state index contributed by atoms with van der Waals surface area (Å²) in [6.07, 6.45) is 2.73. The molecule has 0 aliphatic rings. The van der Waals surface area contributed by atoms with E-state index in [-0.39, 0.29) is 0 Å². The number of aryl methyl sites for hydroxylation is 3. The molecule has 0 aliphatic heterocycles. The van der Waals surface area contributed by atoms with Gasteiger partial charge in [-0.3, -0.25) is 4.68 Å². The Morgan fingerprint density at radius 3 is 2.71 bits per heavy atom. The molecule has 1 N–H and O–H groups in total. The van der Waals surface area contributed by atoms with Gasteiger partial charge >= 0.3 is 5.97 Å². The molecule has 1 aromatic heterocycles. The minimum absolute atomic E-state index is 0.796. The van der Waals surface area contributed by atoms with Crippen LogP contribution in [-0.2, 0) is 11.8 Å². The first-order valence-corrected chi connectivity index (χ1v) is 6.65. The SMILES string of the molecule is Cc1cccc(N(C)c2c(C=CC(=O)O)c(C)nn2C)c1. The number of nitrogens with zero attached hydrogens (tertiary/aromatic N) is 3. The Labute approximate surface area is 124 Å². The number of carboxylic acid groups (broad SMARTS) is 1. The maximum atomic E-state index is 10.8. The van der Waals surface area contributed by atoms with Crippen molar-refractivity contribution in [1.82, 2.24) is 9.78 Å². The second-order valence-corrected chi connectivity index (χ2v) is 5.02. The standard InChI is InChI=1S/C16H19N3O2/c1-11-6-5-7-13(10-11)18(3)16-14(8-9-15(20)21)12(2)17-19(16)4/h5-10H,1-4H3,(H,20,21). The molecule has 0 fully saturated rings. The van der Waals surface area contributed by atoms with Crippen LogP contribution >= 0.6 is 0 Å². The molecule has 1 heterocycles. The molecule has 0 unspecified atom stereocenters. The van der Waals surface area contributed by atoms with Crippen molar-refractivity contribution in [1.29, 1.82) is 0 Å². The third-order valence-corrected chi connectivity index (χ3v) is 3.34. The van der Waals surface area contributed by atoms with Gasteiger partial charge in [-0.05, 0) is 37.6 Å². The Bertz CT molecular complexity index is 702. The highest BCUT2D eigenvalue weighted by atomic mass is 16.4. The van der Waals surface area contributed by atoms with Crippen molar-refractivity contribution >= 4 is 23.6 Å². The summed E-state index contributed by atoms with van der Waals surface area (Å²) in [5, 5.41) is 13.2. The Balaban J connectivity index is 2.50. The summed E-state index contributed by atoms with van der Waals surface area (Å²) in [5.74, 6) is -0.113. The maximum absolute atomic E-state index is 10.8. The third kappa shape index (κ3) is 3.13. The first-order valence-electron chi connectivity index (χ1n) is 6.65. The van der Waals surface area contributed by atoms with E-state index < -0.39 is 5.97 Å². The second-order valence-electron chi connectivity index (χ2n) is 5.02. The van der Waals surface area contributed by atoms with Crippen LogP contribution in [0, 0.1) is 13.8 Å². The zero-order chi connectivity index (χ0) is 15.6. The van der Waals surface area contributed by atoms with Crippen molar-refractivity contribution in [3.8, 4) is 0 Å². The summed E-state index contributed by atoms with van der Waals surface area (Å²) < 4.78 is 1.76. The molecule has 1 aromatic carbocycles. The fraction of sp³-hybridized carbons (Fsp3) is 0.250. The number of benzene rings is 1. The van der Waals surface area contributed by atoms with Gasteiger partial charge in [-0.1, -0.05) is 12.1 Å². The first-order chi connectivity index (χ1) is 9.90. The zero-order valence-corrected chi connectivity index (χ0v) is 12.7. The van der Waals surface area contributed by atoms with Crippen molar-refractivity contribution in [2.24, 2.45) is 7.05 Å². The van der Waals surface area contributed by atoms with Crippen LogP contribution in [0.15, 0.2) is 30.3 Å². The van der Waals surface area contributed by atoms with Crippen LogP contribution in [0.5, 0.6) is 0 Å². The number of hydrogen-bond donors (Lipinski definition) is 1. The summed E-state index contributed by atoms with van der Waals surface area (Å²) in [5.41, 5.74) is 3.80. The van der Waals surface area contributed by atoms with Crippen LogP contribution in [0.2, 0.25) is 0 Å². The quantitative estimate of drug-likeness (QED) is 0.878. The zero-order valence-electron chi connectivity index (χ0n) is 12.7. The van der Waals surface area contributed by atoms with E-state index >= 15 is 0 Å². The molecule has 0 bridgehead atoms. The predicted molar refractivity (Wildman–Crippen MR) is 83.9 cm³/mol. The molecule has 21 heavy (non-hydrogen) atoms. The number of carbonyl (C=O) groups is 1. The fourth-order valence-electron chi connectivity index (χ4n) is 2.37. The van der Waals surface area contributed by atoms with Crippen molar-refractivity contribution in [3.05, 3.63) is 47.2 Å². The highest BCUT2D eigenvalue weighted by Crippen LogP contribution is 2.30. The molecule has 0 aliphatic carbocycles. The molecular weight excluding hydrogens is 266 g/mol. The lowest BCUT2D eigenvalue weighted by atomic mass is 10.1. The molecule has 0 atom stereocenters. The van der Waals surface area contributed by atoms with Gasteiger partial charge in [0.05, 0.1) is 5.69 Å². The van der Waals surface area contributed by atoms with Gasteiger partial charge in [0, 0.05) is 31.4 Å². The number of rotatable bonds is 4. The molecule has 0 saturated carbocycles. The van der Waals surface area contributed by atoms with Gasteiger partial charge in [0.1, 0.15) is 5.82 Å². The molecule has 0 spiro atoms. The second kappa shape index (κ2) is 5.83. The van der Waals surface area contributed by atoms with Gasteiger partial charge in [0.2, 0.25) is 0 Å². The Kier molecular flexibility index (Phi) is 4.12. The van der Waals surface area contributed by atoms with E-state index in [0.29, 0.717) is 0 Å². The Morgan fingerprint density at radius 2 is 2.10 bits per heavy atom. The van der Waals surface area contributed by atoms with Crippen LogP contribution in [-0.4, -0.2) is 27.9 Å². The van der Waals surface area contributed by atoms with Gasteiger partial charge in [-0.2, -0.15) is 5.10 Å². The highest BCUT2D eigenvalue weighted by Gasteiger charge is 2.16. The lowest BCUT2D eigenvalue weighted by Crippen LogP contribution is -2.14. The van der Waals surface area contributed by atoms with Crippen LogP contribution in [0.3, 0.4) is 0 Å². The van der Waals surface area contributed by atoms with Crippen molar-refractivity contribution < 1.29 is 9.90 Å². The van der Waals surface area contributed by atoms with Crippen molar-refractivity contribution in [3.63, 3.8) is 0 Å². The van der Waals surface area contributed by atoms with Gasteiger partial charge in [-0.25, -0.2) is 4.79 Å². The summed E-state index contributed by atoms with van der Waals surface area (Å²) in [6.45, 7) is 3.91. The van der Waals surface area contributed by atoms with E-state index in [1.54, 1.807) is 10.8 Å². The summed E-state index contributed by atoms with van der Waals surface area (Å²) in [7, 11) is 3.80. The summed E-state index contributed by atoms with van der Waals surface area (Å²) in [6, 6.07) is 8.13. The van der Waals surface area contributed by atoms with E-state index in [4.69, 9.17) is 5.11 Å². The molecule has 2 aromatic rings. The minimum atomic E-state index is -0.970. The van der Waals surface area contributed by atoms with Gasteiger partial charge in [0.15, 0.2) is 0 Å². The maximum Gasteiger partial charge on any atom is 0.328 e. The van der Waals surface area contributed by atoms with Crippen LogP contribution < -0.4 is 4.90 Å². The monoisotopic (exact) mass is 285 g/mol. The molecule has 110 valence electrons. The Hall–Kier alpha value is -2.56. The molecular formula is C16H19N3O2. The number of hydrogen-bond acceptors (Lipinski definition) is 3. The molecule has 5 nitrogen and oxygen atoms in total. The smallest absolute Gasteiger partial charge is 0.328 e. The number of anilines is 2. The lowest BCUT2D eigenvalue weighted by Gasteiger charge is -2.21. The average Bonchev–Trinajstić information content (AvgIpc) is 2.69. The first kappa shape index (κ1) is 14.8. The van der Waals surface area contributed by atoms with E-state index in [2.05, 4.69) is 11.2 Å². The van der Waals surface area contributed by atoms with E-state index in [0.717, 1.165) is 28.8 Å². The van der Waals surface area contributed by atoms with E-state index in [1.807, 2.05) is 51.0 Å². The topological polar surface area (TPSA) is 58.4 Å². The predicted octanol–water partition coefficient (Wildman–Crippen LogP) is 2.90. The lowest BCUT2D eigenvalue weighted by molar-refractivity contribution is -0.131. The average molecular weight is 285 g/mol. The highest BCUT2D eigenvalue weighted by molar-refractivity contribution is 5.87. The minimum Gasteiger partial charge on any atom is -0.478 e. The summed E-state index contributed by atoms with van der Waals surface area (Å²) in [4.78, 5) is 12.8. The third-order valence-electron chi connectivity index (χ3n) is 3.34. The number of aliphatic carboxylic acids is 1. The van der Waals surface area contributed by atoms with Crippen molar-refractivity contribution in [2.75, 3.05) is 11.9 Å². The van der Waals surface area contributed by atoms with Gasteiger partial charge in [-0.15, -0.1) is 0 Å². The molecule has 5 heteroatoms. The molecule has 0 amide bonds. The van der Waals surface area contributed by atoms with Crippen molar-refractivity contribution in [2.45, 2.75) is 13.8 Å². The fourth-order valence-corrected chi connectivity index (χ4v) is 2.37. The van der Waals surface area contributed by atoms with Crippen LogP contribution in [0.4, 0.5) is 11.5 Å². The largest absolute Gasteiger partial charge is 0.478 e. The Morgan fingerprint density at radius 1 is 1.38 bits per heavy atom. The van der Waals surface area contributed by atoms with E-state index in [1.165, 1.54) is 5.56 Å². The van der Waals surface area contributed by atoms with Crippen LogP contribution in [0.1, 0.15) is 16.8 Å². The molecule has 0 saturated heterocycles. The van der Waals surface area contributed by atoms with Gasteiger partial charge < -0.3 is 10.0 Å². The molecule has 2 rings (SSSR count). The molecule has 0 radical (unpaired) electrons. The van der Waals surface area contributed by atoms with Crippen LogP contribution in [0.25, 0.3) is 6.08 Å². The number of carboxylic acids is 1. The van der Waals surface area contributed by atoms with Gasteiger partial charge in [0.25, 0.3) is 0 Å². The number of aromatic nitrogens is 2.